The predicted octanol–water partition coefficient (Wildman–Crippen LogP) is 2.99. The second-order valence-corrected chi connectivity index (χ2v) is 7.17. The molecule has 2 N–H and O–H groups in total. The number of hydrogen-bond acceptors (Lipinski definition) is 2. The second kappa shape index (κ2) is 5.98. The fourth-order valence-corrected chi connectivity index (χ4v) is 4.23. The van der Waals surface area contributed by atoms with E-state index >= 15 is 0 Å². The van der Waals surface area contributed by atoms with E-state index in [4.69, 9.17) is 5.73 Å². The number of aryl methyl sites for hydroxylation is 2. The molecule has 1 aliphatic rings. The highest BCUT2D eigenvalue weighted by atomic mass is 32.2. The Bertz CT molecular complexity index is 438. The maximum absolute atomic E-state index is 12.2. The summed E-state index contributed by atoms with van der Waals surface area (Å²) in [6.07, 6.45) is 4.70. The molecule has 0 aliphatic heterocycles. The van der Waals surface area contributed by atoms with Gasteiger partial charge in [-0.1, -0.05) is 31.0 Å². The minimum absolute atomic E-state index is 0.0919. The van der Waals surface area contributed by atoms with Crippen LogP contribution in [0.4, 0.5) is 0 Å². The van der Waals surface area contributed by atoms with Crippen molar-refractivity contribution in [2.45, 2.75) is 50.8 Å². The summed E-state index contributed by atoms with van der Waals surface area (Å²) in [5.41, 5.74) is 9.84. The smallest absolute Gasteiger partial charge is 0.0431 e. The molecule has 2 nitrogen and oxygen atoms in total. The quantitative estimate of drug-likeness (QED) is 0.909. The molecule has 3 heteroatoms. The Morgan fingerprint density at radius 1 is 1.28 bits per heavy atom. The minimum Gasteiger partial charge on any atom is -0.323 e. The van der Waals surface area contributed by atoms with Crippen LogP contribution in [0.5, 0.6) is 0 Å². The van der Waals surface area contributed by atoms with Crippen molar-refractivity contribution in [2.75, 3.05) is 5.75 Å². The molecular formula is C15H23NOS. The van der Waals surface area contributed by atoms with Gasteiger partial charge in [0, 0.05) is 27.8 Å². The topological polar surface area (TPSA) is 43.1 Å². The van der Waals surface area contributed by atoms with E-state index in [9.17, 15) is 4.21 Å². The van der Waals surface area contributed by atoms with Crippen LogP contribution in [-0.2, 0) is 10.8 Å². The summed E-state index contributed by atoms with van der Waals surface area (Å²) in [5, 5.41) is 0.391. The van der Waals surface area contributed by atoms with Gasteiger partial charge in [-0.15, -0.1) is 0 Å². The van der Waals surface area contributed by atoms with Crippen molar-refractivity contribution in [1.29, 1.82) is 0 Å². The summed E-state index contributed by atoms with van der Waals surface area (Å²) in [6, 6.07) is 6.21. The number of nitrogens with two attached hydrogens (primary N) is 1. The van der Waals surface area contributed by atoms with Crippen molar-refractivity contribution in [3.8, 4) is 0 Å². The zero-order chi connectivity index (χ0) is 13.1. The molecule has 1 saturated carbocycles. The van der Waals surface area contributed by atoms with Crippen LogP contribution in [0.1, 0.15) is 48.4 Å². The lowest BCUT2D eigenvalue weighted by atomic mass is 10.0. The largest absolute Gasteiger partial charge is 0.323 e. The summed E-state index contributed by atoms with van der Waals surface area (Å²) in [4.78, 5) is 0. The molecule has 1 aromatic rings. The molecule has 2 unspecified atom stereocenters. The molecule has 2 rings (SSSR count). The van der Waals surface area contributed by atoms with Gasteiger partial charge in [-0.05, 0) is 43.4 Å². The first-order chi connectivity index (χ1) is 8.58. The molecule has 0 bridgehead atoms. The van der Waals surface area contributed by atoms with Gasteiger partial charge in [0.1, 0.15) is 0 Å². The molecule has 2 atom stereocenters. The Hall–Kier alpha value is -0.670. The lowest BCUT2D eigenvalue weighted by molar-refractivity contribution is 0.660. The van der Waals surface area contributed by atoms with Crippen LogP contribution >= 0.6 is 0 Å². The van der Waals surface area contributed by atoms with Gasteiger partial charge >= 0.3 is 0 Å². The van der Waals surface area contributed by atoms with Gasteiger partial charge in [-0.3, -0.25) is 4.21 Å². The molecule has 0 aromatic heterocycles. The molecule has 0 heterocycles. The normalized spacial score (nSPS) is 19.9. The van der Waals surface area contributed by atoms with Crippen molar-refractivity contribution < 1.29 is 4.21 Å². The van der Waals surface area contributed by atoms with Crippen LogP contribution in [-0.4, -0.2) is 15.2 Å². The maximum Gasteiger partial charge on any atom is 0.0431 e. The van der Waals surface area contributed by atoms with Gasteiger partial charge < -0.3 is 5.73 Å². The summed E-state index contributed by atoms with van der Waals surface area (Å²) in [6.45, 7) is 4.20. The number of benzene rings is 1. The average molecular weight is 265 g/mol. The highest BCUT2D eigenvalue weighted by molar-refractivity contribution is 7.85. The predicted molar refractivity (Wildman–Crippen MR) is 78.1 cm³/mol. The molecule has 0 spiro atoms. The van der Waals surface area contributed by atoms with E-state index in [0.29, 0.717) is 11.0 Å². The maximum atomic E-state index is 12.2. The SMILES string of the molecule is Cc1ccc(C(N)CS(=O)C2CCCC2)cc1C. The first-order valence-electron chi connectivity index (χ1n) is 6.78. The highest BCUT2D eigenvalue weighted by Crippen LogP contribution is 2.25. The van der Waals surface area contributed by atoms with Crippen LogP contribution in [0.2, 0.25) is 0 Å². The summed E-state index contributed by atoms with van der Waals surface area (Å²) in [5.74, 6) is 0.604. The Kier molecular flexibility index (Phi) is 4.57. The van der Waals surface area contributed by atoms with Gasteiger partial charge in [0.05, 0.1) is 0 Å². The molecule has 0 amide bonds. The van der Waals surface area contributed by atoms with E-state index in [0.717, 1.165) is 18.4 Å². The molecule has 0 radical (unpaired) electrons. The summed E-state index contributed by atoms with van der Waals surface area (Å²) >= 11 is 0. The third-order valence-electron chi connectivity index (χ3n) is 3.98. The molecule has 100 valence electrons. The van der Waals surface area contributed by atoms with E-state index < -0.39 is 10.8 Å². The summed E-state index contributed by atoms with van der Waals surface area (Å²) < 4.78 is 12.2. The van der Waals surface area contributed by atoms with Crippen LogP contribution in [0.3, 0.4) is 0 Å². The Balaban J connectivity index is 2.00. The van der Waals surface area contributed by atoms with Gasteiger partial charge in [0.25, 0.3) is 0 Å². The number of hydrogen-bond donors (Lipinski definition) is 1. The van der Waals surface area contributed by atoms with Crippen LogP contribution in [0.25, 0.3) is 0 Å². The van der Waals surface area contributed by atoms with E-state index in [1.54, 1.807) is 0 Å². The molecule has 1 fully saturated rings. The molecule has 1 aromatic carbocycles. The van der Waals surface area contributed by atoms with E-state index in [1.165, 1.54) is 24.0 Å². The Morgan fingerprint density at radius 2 is 1.94 bits per heavy atom. The van der Waals surface area contributed by atoms with Crippen molar-refractivity contribution in [1.82, 2.24) is 0 Å². The van der Waals surface area contributed by atoms with E-state index in [1.807, 2.05) is 0 Å². The minimum atomic E-state index is -0.763. The van der Waals surface area contributed by atoms with Gasteiger partial charge in [0.2, 0.25) is 0 Å². The highest BCUT2D eigenvalue weighted by Gasteiger charge is 2.23. The fourth-order valence-electron chi connectivity index (χ4n) is 2.56. The van der Waals surface area contributed by atoms with Crippen molar-refractivity contribution in [3.05, 3.63) is 34.9 Å². The summed E-state index contributed by atoms with van der Waals surface area (Å²) in [7, 11) is -0.763. The lowest BCUT2D eigenvalue weighted by Crippen LogP contribution is -2.23. The Morgan fingerprint density at radius 3 is 2.56 bits per heavy atom. The lowest BCUT2D eigenvalue weighted by Gasteiger charge is -2.16. The average Bonchev–Trinajstić information content (AvgIpc) is 2.86. The molecule has 18 heavy (non-hydrogen) atoms. The van der Waals surface area contributed by atoms with E-state index in [-0.39, 0.29) is 6.04 Å². The zero-order valence-electron chi connectivity index (χ0n) is 11.3. The first-order valence-corrected chi connectivity index (χ1v) is 8.16. The number of rotatable bonds is 4. The second-order valence-electron chi connectivity index (χ2n) is 5.40. The first kappa shape index (κ1) is 13.8. The molecule has 0 saturated heterocycles. The molecule has 1 aliphatic carbocycles. The van der Waals surface area contributed by atoms with Crippen molar-refractivity contribution >= 4 is 10.8 Å². The van der Waals surface area contributed by atoms with Crippen molar-refractivity contribution in [3.63, 3.8) is 0 Å². The van der Waals surface area contributed by atoms with E-state index in [2.05, 4.69) is 32.0 Å². The fraction of sp³-hybridized carbons (Fsp3) is 0.600. The van der Waals surface area contributed by atoms with Crippen LogP contribution in [0.15, 0.2) is 18.2 Å². The van der Waals surface area contributed by atoms with Crippen molar-refractivity contribution in [2.24, 2.45) is 5.73 Å². The van der Waals surface area contributed by atoms with Crippen LogP contribution < -0.4 is 5.73 Å². The monoisotopic (exact) mass is 265 g/mol. The van der Waals surface area contributed by atoms with Gasteiger partial charge in [-0.2, -0.15) is 0 Å². The molecular weight excluding hydrogens is 242 g/mol. The van der Waals surface area contributed by atoms with Gasteiger partial charge in [-0.25, -0.2) is 0 Å². The van der Waals surface area contributed by atoms with Crippen LogP contribution in [0, 0.1) is 13.8 Å². The third-order valence-corrected chi connectivity index (χ3v) is 5.88. The van der Waals surface area contributed by atoms with Gasteiger partial charge in [0.15, 0.2) is 0 Å². The standard InChI is InChI=1S/C15H23NOS/c1-11-7-8-13(9-12(11)2)15(16)10-18(17)14-5-3-4-6-14/h7-9,14-15H,3-6,10,16H2,1-2H3. The Labute approximate surface area is 112 Å². The zero-order valence-corrected chi connectivity index (χ0v) is 12.1. The third kappa shape index (κ3) is 3.21.